The molecule has 0 fully saturated rings. The van der Waals surface area contributed by atoms with Gasteiger partial charge in [0.1, 0.15) is 5.75 Å². The summed E-state index contributed by atoms with van der Waals surface area (Å²) in [5, 5.41) is 16.0. The highest BCUT2D eigenvalue weighted by molar-refractivity contribution is 5.94. The highest BCUT2D eigenvalue weighted by Gasteiger charge is 2.05. The van der Waals surface area contributed by atoms with Gasteiger partial charge in [-0.1, -0.05) is 30.3 Å². The van der Waals surface area contributed by atoms with Gasteiger partial charge in [0.25, 0.3) is 5.91 Å². The summed E-state index contributed by atoms with van der Waals surface area (Å²) in [6.07, 6.45) is 1.46. The van der Waals surface area contributed by atoms with E-state index in [0.29, 0.717) is 11.1 Å². The number of rotatable bonds is 6. The summed E-state index contributed by atoms with van der Waals surface area (Å²) in [5.41, 5.74) is 3.39. The normalized spacial score (nSPS) is 10.4. The van der Waals surface area contributed by atoms with Gasteiger partial charge in [-0.05, 0) is 24.3 Å². The number of phenolic OH excluding ortho intramolecular Hbond substituents is 1. The van der Waals surface area contributed by atoms with Crippen molar-refractivity contribution >= 4 is 18.0 Å². The molecule has 0 heterocycles. The lowest BCUT2D eigenvalue weighted by atomic mass is 10.2. The second kappa shape index (κ2) is 8.33. The van der Waals surface area contributed by atoms with Gasteiger partial charge in [0, 0.05) is 24.1 Å². The number of phenols is 1. The van der Waals surface area contributed by atoms with Crippen LogP contribution in [0.1, 0.15) is 22.3 Å². The van der Waals surface area contributed by atoms with Crippen LogP contribution in [0, 0.1) is 0 Å². The van der Waals surface area contributed by atoms with Crippen LogP contribution in [0.25, 0.3) is 0 Å². The van der Waals surface area contributed by atoms with Crippen molar-refractivity contribution in [3.05, 3.63) is 65.7 Å². The van der Waals surface area contributed by atoms with Gasteiger partial charge in [0.15, 0.2) is 0 Å². The van der Waals surface area contributed by atoms with E-state index in [9.17, 15) is 14.7 Å². The summed E-state index contributed by atoms with van der Waals surface area (Å²) < 4.78 is 0. The molecule has 0 atom stereocenters. The van der Waals surface area contributed by atoms with Crippen LogP contribution in [0.15, 0.2) is 59.7 Å². The molecule has 2 amide bonds. The first kappa shape index (κ1) is 16.2. The Balaban J connectivity index is 1.71. The molecule has 0 aromatic heterocycles. The zero-order chi connectivity index (χ0) is 16.5. The van der Waals surface area contributed by atoms with Gasteiger partial charge in [-0.3, -0.25) is 9.59 Å². The Morgan fingerprint density at radius 1 is 1.04 bits per heavy atom. The fourth-order valence-corrected chi connectivity index (χ4v) is 1.81. The lowest BCUT2D eigenvalue weighted by Gasteiger charge is -2.04. The summed E-state index contributed by atoms with van der Waals surface area (Å²) in [4.78, 5) is 23.4. The number of hydrazone groups is 1. The van der Waals surface area contributed by atoms with Crippen molar-refractivity contribution in [1.82, 2.24) is 10.7 Å². The third-order valence-corrected chi connectivity index (χ3v) is 3.00. The molecule has 0 spiro atoms. The lowest BCUT2D eigenvalue weighted by molar-refractivity contribution is -0.120. The van der Waals surface area contributed by atoms with E-state index >= 15 is 0 Å². The summed E-state index contributed by atoms with van der Waals surface area (Å²) >= 11 is 0. The molecule has 6 nitrogen and oxygen atoms in total. The van der Waals surface area contributed by atoms with Crippen LogP contribution in [-0.2, 0) is 4.79 Å². The van der Waals surface area contributed by atoms with E-state index < -0.39 is 0 Å². The molecule has 0 aliphatic rings. The van der Waals surface area contributed by atoms with Crippen molar-refractivity contribution in [2.24, 2.45) is 5.10 Å². The fourth-order valence-electron chi connectivity index (χ4n) is 1.81. The smallest absolute Gasteiger partial charge is 0.251 e. The molecular weight excluding hydrogens is 294 g/mol. The topological polar surface area (TPSA) is 90.8 Å². The van der Waals surface area contributed by atoms with Crippen LogP contribution in [0.5, 0.6) is 5.75 Å². The SMILES string of the molecule is O=C(CCNC(=O)c1ccccc1)N/N=C/c1ccccc1O. The van der Waals surface area contributed by atoms with E-state index in [1.807, 2.05) is 6.07 Å². The molecule has 6 heteroatoms. The summed E-state index contributed by atoms with van der Waals surface area (Å²) in [6.45, 7) is 0.214. The Bertz CT molecular complexity index is 699. The van der Waals surface area contributed by atoms with Gasteiger partial charge >= 0.3 is 0 Å². The molecule has 2 rings (SSSR count). The van der Waals surface area contributed by atoms with Crippen LogP contribution < -0.4 is 10.7 Å². The van der Waals surface area contributed by atoms with Gasteiger partial charge in [0.05, 0.1) is 6.21 Å². The maximum Gasteiger partial charge on any atom is 0.251 e. The summed E-state index contributed by atoms with van der Waals surface area (Å²) in [7, 11) is 0. The van der Waals surface area contributed by atoms with Gasteiger partial charge in [-0.2, -0.15) is 5.10 Å². The minimum atomic E-state index is -0.329. The monoisotopic (exact) mass is 311 g/mol. The Hall–Kier alpha value is -3.15. The molecule has 0 unspecified atom stereocenters. The number of hydrogen-bond acceptors (Lipinski definition) is 4. The quantitative estimate of drug-likeness (QED) is 0.560. The first-order valence-electron chi connectivity index (χ1n) is 7.10. The number of benzene rings is 2. The zero-order valence-corrected chi connectivity index (χ0v) is 12.4. The van der Waals surface area contributed by atoms with Gasteiger partial charge in [0.2, 0.25) is 5.91 Å². The number of carbonyl (C=O) groups is 2. The molecular formula is C17H17N3O3. The van der Waals surface area contributed by atoms with Gasteiger partial charge in [-0.25, -0.2) is 5.43 Å². The highest BCUT2D eigenvalue weighted by atomic mass is 16.3. The summed E-state index contributed by atoms with van der Waals surface area (Å²) in [6, 6.07) is 15.4. The van der Waals surface area contributed by atoms with Crippen LogP contribution >= 0.6 is 0 Å². The van der Waals surface area contributed by atoms with E-state index in [-0.39, 0.29) is 30.5 Å². The molecule has 0 saturated carbocycles. The van der Waals surface area contributed by atoms with E-state index in [0.717, 1.165) is 0 Å². The average molecular weight is 311 g/mol. The maximum atomic E-state index is 11.8. The highest BCUT2D eigenvalue weighted by Crippen LogP contribution is 2.12. The molecule has 0 aliphatic carbocycles. The standard InChI is InChI=1S/C17H17N3O3/c21-15-9-5-4-8-14(15)12-19-20-16(22)10-11-18-17(23)13-6-2-1-3-7-13/h1-9,12,21H,10-11H2,(H,18,23)(H,20,22)/b19-12+. The minimum absolute atomic E-state index is 0.0839. The van der Waals surface area contributed by atoms with Crippen molar-refractivity contribution in [1.29, 1.82) is 0 Å². The zero-order valence-electron chi connectivity index (χ0n) is 12.4. The number of carbonyl (C=O) groups excluding carboxylic acids is 2. The molecule has 118 valence electrons. The Labute approximate surface area is 133 Å². The molecule has 0 saturated heterocycles. The first-order valence-corrected chi connectivity index (χ1v) is 7.10. The van der Waals surface area contributed by atoms with Gasteiger partial charge < -0.3 is 10.4 Å². The van der Waals surface area contributed by atoms with Crippen molar-refractivity contribution in [3.63, 3.8) is 0 Å². The molecule has 0 radical (unpaired) electrons. The van der Waals surface area contributed by atoms with Crippen molar-refractivity contribution in [3.8, 4) is 5.75 Å². The maximum absolute atomic E-state index is 11.8. The molecule has 2 aromatic rings. The van der Waals surface area contributed by atoms with Crippen molar-refractivity contribution < 1.29 is 14.7 Å². The van der Waals surface area contributed by atoms with E-state index in [4.69, 9.17) is 0 Å². The number of hydrogen-bond donors (Lipinski definition) is 3. The third kappa shape index (κ3) is 5.28. The predicted octanol–water partition coefficient (Wildman–Crippen LogP) is 1.66. The number of nitrogens with zero attached hydrogens (tertiary/aromatic N) is 1. The van der Waals surface area contributed by atoms with Crippen LogP contribution in [0.4, 0.5) is 0 Å². The molecule has 23 heavy (non-hydrogen) atoms. The average Bonchev–Trinajstić information content (AvgIpc) is 2.57. The van der Waals surface area contributed by atoms with E-state index in [1.165, 1.54) is 12.3 Å². The number of nitrogens with one attached hydrogen (secondary N) is 2. The van der Waals surface area contributed by atoms with E-state index in [2.05, 4.69) is 15.8 Å². The minimum Gasteiger partial charge on any atom is -0.507 e. The molecule has 3 N–H and O–H groups in total. The fraction of sp³-hybridized carbons (Fsp3) is 0.118. The largest absolute Gasteiger partial charge is 0.507 e. The summed E-state index contributed by atoms with van der Waals surface area (Å²) in [5.74, 6) is -0.471. The Morgan fingerprint density at radius 2 is 1.74 bits per heavy atom. The van der Waals surface area contributed by atoms with Gasteiger partial charge in [-0.15, -0.1) is 0 Å². The second-order valence-corrected chi connectivity index (χ2v) is 4.72. The Morgan fingerprint density at radius 3 is 2.48 bits per heavy atom. The number of amides is 2. The third-order valence-electron chi connectivity index (χ3n) is 3.00. The van der Waals surface area contributed by atoms with Crippen molar-refractivity contribution in [2.45, 2.75) is 6.42 Å². The predicted molar refractivity (Wildman–Crippen MR) is 87.2 cm³/mol. The van der Waals surface area contributed by atoms with E-state index in [1.54, 1.807) is 42.5 Å². The molecule has 0 bridgehead atoms. The number of aromatic hydroxyl groups is 1. The van der Waals surface area contributed by atoms with Crippen LogP contribution in [-0.4, -0.2) is 29.7 Å². The molecule has 0 aliphatic heterocycles. The second-order valence-electron chi connectivity index (χ2n) is 4.72. The number of para-hydroxylation sites is 1. The van der Waals surface area contributed by atoms with Crippen LogP contribution in [0.3, 0.4) is 0 Å². The molecule has 2 aromatic carbocycles. The first-order chi connectivity index (χ1) is 11.2. The van der Waals surface area contributed by atoms with Crippen LogP contribution in [0.2, 0.25) is 0 Å². The van der Waals surface area contributed by atoms with Crippen molar-refractivity contribution in [2.75, 3.05) is 6.54 Å². The lowest BCUT2D eigenvalue weighted by Crippen LogP contribution is -2.28. The Kier molecular flexibility index (Phi) is 5.88.